The molecule has 1 N–H and O–H groups in total. The van der Waals surface area contributed by atoms with Crippen molar-refractivity contribution in [1.82, 2.24) is 4.90 Å². The number of nitrogens with zero attached hydrogens (tertiary/aromatic N) is 3. The van der Waals surface area contributed by atoms with Gasteiger partial charge in [-0.1, -0.05) is 24.3 Å². The molecule has 2 aromatic carbocycles. The molecular formula is C21H26N4O4. The summed E-state index contributed by atoms with van der Waals surface area (Å²) in [6.45, 7) is 7.54. The summed E-state index contributed by atoms with van der Waals surface area (Å²) in [6, 6.07) is 12.7. The summed E-state index contributed by atoms with van der Waals surface area (Å²) in [5.41, 5.74) is 1.92. The van der Waals surface area contributed by atoms with Gasteiger partial charge in [-0.15, -0.1) is 0 Å². The smallest absolute Gasteiger partial charge is 0.293 e. The minimum absolute atomic E-state index is 0.0873. The van der Waals surface area contributed by atoms with Gasteiger partial charge in [0, 0.05) is 32.2 Å². The van der Waals surface area contributed by atoms with Gasteiger partial charge in [0.25, 0.3) is 5.69 Å². The van der Waals surface area contributed by atoms with Gasteiger partial charge in [0.05, 0.1) is 23.8 Å². The highest BCUT2D eigenvalue weighted by Gasteiger charge is 2.23. The Morgan fingerprint density at radius 2 is 1.86 bits per heavy atom. The molecule has 1 aliphatic rings. The maximum absolute atomic E-state index is 12.5. The average Bonchev–Trinajstić information content (AvgIpc) is 2.71. The Kier molecular flexibility index (Phi) is 6.66. The van der Waals surface area contributed by atoms with E-state index in [0.29, 0.717) is 12.2 Å². The highest BCUT2D eigenvalue weighted by molar-refractivity contribution is 5.95. The Balaban J connectivity index is 1.58. The molecule has 154 valence electrons. The fourth-order valence-corrected chi connectivity index (χ4v) is 3.49. The number of anilines is 2. The fourth-order valence-electron chi connectivity index (χ4n) is 3.49. The van der Waals surface area contributed by atoms with E-state index in [-0.39, 0.29) is 23.8 Å². The molecular weight excluding hydrogens is 372 g/mol. The van der Waals surface area contributed by atoms with Crippen LogP contribution in [0, 0.1) is 17.0 Å². The van der Waals surface area contributed by atoms with E-state index in [4.69, 9.17) is 4.74 Å². The van der Waals surface area contributed by atoms with Crippen LogP contribution in [-0.2, 0) is 4.79 Å². The number of carbonyl (C=O) groups excluding carboxylic acids is 1. The van der Waals surface area contributed by atoms with Crippen molar-refractivity contribution in [2.75, 3.05) is 49.5 Å². The number of amides is 1. The number of aryl methyl sites for hydroxylation is 1. The van der Waals surface area contributed by atoms with Crippen molar-refractivity contribution < 1.29 is 14.5 Å². The van der Waals surface area contributed by atoms with Crippen LogP contribution in [0.15, 0.2) is 42.5 Å². The molecule has 0 atom stereocenters. The molecule has 0 aliphatic carbocycles. The lowest BCUT2D eigenvalue weighted by atomic mass is 10.1. The SMILES string of the molecule is CCOc1ccccc1N1CCN(CC(=O)Nc2c(C)cccc2[N+](=O)[O-])CC1. The molecule has 2 aromatic rings. The summed E-state index contributed by atoms with van der Waals surface area (Å²) in [6.07, 6.45) is 0. The highest BCUT2D eigenvalue weighted by Crippen LogP contribution is 2.29. The number of benzene rings is 2. The van der Waals surface area contributed by atoms with Gasteiger partial charge in [-0.3, -0.25) is 19.8 Å². The van der Waals surface area contributed by atoms with Crippen molar-refractivity contribution in [3.63, 3.8) is 0 Å². The molecule has 1 heterocycles. The standard InChI is InChI=1S/C21H26N4O4/c1-3-29-19-10-5-4-8-17(19)24-13-11-23(12-14-24)15-20(26)22-21-16(2)7-6-9-18(21)25(27)28/h4-10H,3,11-15H2,1-2H3,(H,22,26). The molecule has 0 radical (unpaired) electrons. The minimum atomic E-state index is -0.475. The zero-order chi connectivity index (χ0) is 20.8. The third-order valence-corrected chi connectivity index (χ3v) is 4.96. The van der Waals surface area contributed by atoms with Gasteiger partial charge in [-0.2, -0.15) is 0 Å². The maximum Gasteiger partial charge on any atom is 0.293 e. The first-order valence-electron chi connectivity index (χ1n) is 9.72. The van der Waals surface area contributed by atoms with E-state index in [1.165, 1.54) is 6.07 Å². The number of piperazine rings is 1. The number of nitro benzene ring substituents is 1. The first-order chi connectivity index (χ1) is 14.0. The van der Waals surface area contributed by atoms with Crippen molar-refractivity contribution >= 4 is 23.0 Å². The predicted molar refractivity (Wildman–Crippen MR) is 113 cm³/mol. The summed E-state index contributed by atoms with van der Waals surface area (Å²) in [5.74, 6) is 0.624. The molecule has 0 saturated carbocycles. The van der Waals surface area contributed by atoms with Crippen LogP contribution in [0.25, 0.3) is 0 Å². The third-order valence-electron chi connectivity index (χ3n) is 4.96. The van der Waals surface area contributed by atoms with Crippen LogP contribution in [0.1, 0.15) is 12.5 Å². The molecule has 0 unspecified atom stereocenters. The lowest BCUT2D eigenvalue weighted by Gasteiger charge is -2.36. The van der Waals surface area contributed by atoms with Crippen LogP contribution in [0.2, 0.25) is 0 Å². The van der Waals surface area contributed by atoms with Crippen molar-refractivity contribution in [3.05, 3.63) is 58.1 Å². The number of para-hydroxylation sites is 3. The number of nitrogens with one attached hydrogen (secondary N) is 1. The Morgan fingerprint density at radius 1 is 1.14 bits per heavy atom. The van der Waals surface area contributed by atoms with Crippen LogP contribution >= 0.6 is 0 Å². The Hall–Kier alpha value is -3.13. The Bertz CT molecular complexity index is 879. The molecule has 8 heteroatoms. The van der Waals surface area contributed by atoms with Gasteiger partial charge in [-0.05, 0) is 31.5 Å². The molecule has 1 fully saturated rings. The second-order valence-corrected chi connectivity index (χ2v) is 6.94. The number of ether oxygens (including phenoxy) is 1. The van der Waals surface area contributed by atoms with E-state index in [2.05, 4.69) is 15.1 Å². The summed E-state index contributed by atoms with van der Waals surface area (Å²) >= 11 is 0. The molecule has 1 aliphatic heterocycles. The van der Waals surface area contributed by atoms with Gasteiger partial charge < -0.3 is 15.0 Å². The van der Waals surface area contributed by atoms with Gasteiger partial charge in [0.1, 0.15) is 11.4 Å². The van der Waals surface area contributed by atoms with Crippen molar-refractivity contribution in [2.24, 2.45) is 0 Å². The number of hydrogen-bond acceptors (Lipinski definition) is 6. The molecule has 1 amide bonds. The third kappa shape index (κ3) is 5.03. The number of rotatable bonds is 7. The zero-order valence-electron chi connectivity index (χ0n) is 16.8. The predicted octanol–water partition coefficient (Wildman–Crippen LogP) is 3.06. The van der Waals surface area contributed by atoms with E-state index in [1.807, 2.05) is 31.2 Å². The molecule has 0 spiro atoms. The highest BCUT2D eigenvalue weighted by atomic mass is 16.6. The lowest BCUT2D eigenvalue weighted by molar-refractivity contribution is -0.384. The van der Waals surface area contributed by atoms with Gasteiger partial charge in [-0.25, -0.2) is 0 Å². The topological polar surface area (TPSA) is 88.0 Å². The van der Waals surface area contributed by atoms with Crippen molar-refractivity contribution in [1.29, 1.82) is 0 Å². The first kappa shape index (κ1) is 20.6. The van der Waals surface area contributed by atoms with Crippen LogP contribution in [0.5, 0.6) is 5.75 Å². The molecule has 0 bridgehead atoms. The summed E-state index contributed by atoms with van der Waals surface area (Å²) in [7, 11) is 0. The summed E-state index contributed by atoms with van der Waals surface area (Å²) in [5, 5.41) is 13.9. The van der Waals surface area contributed by atoms with Crippen LogP contribution in [-0.4, -0.2) is 55.1 Å². The molecule has 29 heavy (non-hydrogen) atoms. The van der Waals surface area contributed by atoms with E-state index < -0.39 is 4.92 Å². The Labute approximate surface area is 170 Å². The van der Waals surface area contributed by atoms with Crippen molar-refractivity contribution in [3.8, 4) is 5.75 Å². The largest absolute Gasteiger partial charge is 0.492 e. The summed E-state index contributed by atoms with van der Waals surface area (Å²) < 4.78 is 5.72. The molecule has 8 nitrogen and oxygen atoms in total. The van der Waals surface area contributed by atoms with Gasteiger partial charge >= 0.3 is 0 Å². The maximum atomic E-state index is 12.5. The monoisotopic (exact) mass is 398 g/mol. The van der Waals surface area contributed by atoms with Crippen LogP contribution in [0.3, 0.4) is 0 Å². The first-order valence-corrected chi connectivity index (χ1v) is 9.72. The summed E-state index contributed by atoms with van der Waals surface area (Å²) in [4.78, 5) is 27.5. The number of nitro groups is 1. The zero-order valence-corrected chi connectivity index (χ0v) is 16.8. The molecule has 0 aromatic heterocycles. The molecule has 1 saturated heterocycles. The lowest BCUT2D eigenvalue weighted by Crippen LogP contribution is -2.48. The number of carbonyl (C=O) groups is 1. The average molecular weight is 398 g/mol. The van der Waals surface area contributed by atoms with E-state index >= 15 is 0 Å². The Morgan fingerprint density at radius 3 is 2.55 bits per heavy atom. The molecule has 3 rings (SSSR count). The quantitative estimate of drug-likeness (QED) is 0.570. The number of hydrogen-bond donors (Lipinski definition) is 1. The van der Waals surface area contributed by atoms with Crippen LogP contribution in [0.4, 0.5) is 17.1 Å². The van der Waals surface area contributed by atoms with Gasteiger partial charge in [0.15, 0.2) is 0 Å². The van der Waals surface area contributed by atoms with E-state index in [0.717, 1.165) is 37.6 Å². The second kappa shape index (κ2) is 9.38. The van der Waals surface area contributed by atoms with Crippen molar-refractivity contribution in [2.45, 2.75) is 13.8 Å². The second-order valence-electron chi connectivity index (χ2n) is 6.94. The van der Waals surface area contributed by atoms with E-state index in [9.17, 15) is 14.9 Å². The van der Waals surface area contributed by atoms with Gasteiger partial charge in [0.2, 0.25) is 5.91 Å². The fraction of sp³-hybridized carbons (Fsp3) is 0.381. The van der Waals surface area contributed by atoms with E-state index in [1.54, 1.807) is 19.1 Å². The minimum Gasteiger partial charge on any atom is -0.492 e. The van der Waals surface area contributed by atoms with Crippen LogP contribution < -0.4 is 15.0 Å². The normalized spacial score (nSPS) is 14.5.